The van der Waals surface area contributed by atoms with Gasteiger partial charge in [-0.15, -0.1) is 0 Å². The second-order valence-electron chi connectivity index (χ2n) is 3.50. The highest BCUT2D eigenvalue weighted by Gasteiger charge is 2.07. The maximum Gasteiger partial charge on any atom is 0.333 e. The van der Waals surface area contributed by atoms with Gasteiger partial charge >= 0.3 is 11.9 Å². The molecule has 4 heteroatoms. The van der Waals surface area contributed by atoms with Gasteiger partial charge in [-0.2, -0.15) is 0 Å². The Labute approximate surface area is 95.6 Å². The van der Waals surface area contributed by atoms with E-state index in [4.69, 9.17) is 9.84 Å². The van der Waals surface area contributed by atoms with Crippen LogP contribution < -0.4 is 0 Å². The van der Waals surface area contributed by atoms with Crippen molar-refractivity contribution in [2.75, 3.05) is 6.61 Å². The summed E-state index contributed by atoms with van der Waals surface area (Å²) in [6, 6.07) is 0. The number of carbonyl (C=O) groups excluding carboxylic acids is 1. The van der Waals surface area contributed by atoms with Crippen molar-refractivity contribution in [3.05, 3.63) is 23.8 Å². The molecule has 0 bridgehead atoms. The fourth-order valence-corrected chi connectivity index (χ4v) is 0.924. The Hall–Kier alpha value is -1.58. The molecule has 0 unspecified atom stereocenters. The maximum atomic E-state index is 11.3. The molecule has 0 heterocycles. The van der Waals surface area contributed by atoms with Crippen LogP contribution in [0.5, 0.6) is 0 Å². The number of carbonyl (C=O) groups is 2. The molecule has 16 heavy (non-hydrogen) atoms. The molecule has 4 nitrogen and oxygen atoms in total. The van der Waals surface area contributed by atoms with Crippen LogP contribution in [0.2, 0.25) is 0 Å². The normalized spacial score (nSPS) is 11.0. The van der Waals surface area contributed by atoms with Crippen LogP contribution in [0.3, 0.4) is 0 Å². The fraction of sp³-hybridized carbons (Fsp3) is 0.500. The largest absolute Gasteiger partial charge is 0.478 e. The minimum atomic E-state index is -1.01. The van der Waals surface area contributed by atoms with Gasteiger partial charge in [0.2, 0.25) is 0 Å². The monoisotopic (exact) mass is 226 g/mol. The number of carboxylic acids is 1. The predicted octanol–water partition coefficient (Wildman–Crippen LogP) is 2.31. The van der Waals surface area contributed by atoms with E-state index in [1.54, 1.807) is 0 Å². The molecule has 0 amide bonds. The van der Waals surface area contributed by atoms with Gasteiger partial charge in [0.1, 0.15) is 6.61 Å². The second-order valence-corrected chi connectivity index (χ2v) is 3.50. The molecule has 1 N–H and O–H groups in total. The molecular weight excluding hydrogens is 208 g/mol. The lowest BCUT2D eigenvalue weighted by atomic mass is 10.1. The van der Waals surface area contributed by atoms with Gasteiger partial charge in [0.25, 0.3) is 0 Å². The number of rotatable bonds is 7. The van der Waals surface area contributed by atoms with Gasteiger partial charge in [-0.3, -0.25) is 0 Å². The second kappa shape index (κ2) is 7.68. The lowest BCUT2D eigenvalue weighted by Gasteiger charge is -2.04. The summed E-state index contributed by atoms with van der Waals surface area (Å²) < 4.78 is 4.84. The quantitative estimate of drug-likeness (QED) is 0.534. The summed E-state index contributed by atoms with van der Waals surface area (Å²) in [5.41, 5.74) is 0.593. The van der Waals surface area contributed by atoms with Crippen LogP contribution in [-0.4, -0.2) is 23.7 Å². The van der Waals surface area contributed by atoms with Gasteiger partial charge in [0.05, 0.1) is 0 Å². The third-order valence-corrected chi connectivity index (χ3v) is 2.06. The highest BCUT2D eigenvalue weighted by Crippen LogP contribution is 2.06. The first-order valence-corrected chi connectivity index (χ1v) is 5.24. The molecule has 0 saturated heterocycles. The first kappa shape index (κ1) is 14.4. The van der Waals surface area contributed by atoms with Crippen LogP contribution in [0.15, 0.2) is 23.8 Å². The van der Waals surface area contributed by atoms with E-state index in [0.717, 1.165) is 12.8 Å². The number of hydrogen-bond donors (Lipinski definition) is 1. The Bertz CT molecular complexity index is 302. The Morgan fingerprint density at radius 2 is 2.06 bits per heavy atom. The number of hydrogen-bond acceptors (Lipinski definition) is 3. The standard InChI is InChI=1S/C12H18O4/c1-4-5-6-10(3)12(15)16-8-7-9(2)11(13)14/h7H,3-6,8H2,1-2H3,(H,13,14). The number of esters is 1. The summed E-state index contributed by atoms with van der Waals surface area (Å²) in [5, 5.41) is 8.55. The molecule has 0 atom stereocenters. The molecule has 0 aromatic heterocycles. The van der Waals surface area contributed by atoms with Crippen LogP contribution in [0.4, 0.5) is 0 Å². The van der Waals surface area contributed by atoms with E-state index in [9.17, 15) is 9.59 Å². The van der Waals surface area contributed by atoms with Crippen LogP contribution in [0.25, 0.3) is 0 Å². The Morgan fingerprint density at radius 3 is 2.56 bits per heavy atom. The Balaban J connectivity index is 3.94. The van der Waals surface area contributed by atoms with Crippen LogP contribution in [0.1, 0.15) is 33.1 Å². The average molecular weight is 226 g/mol. The summed E-state index contributed by atoms with van der Waals surface area (Å²) in [6.45, 7) is 7.06. The topological polar surface area (TPSA) is 63.6 Å². The van der Waals surface area contributed by atoms with Crippen molar-refractivity contribution < 1.29 is 19.4 Å². The summed E-state index contributed by atoms with van der Waals surface area (Å²) in [7, 11) is 0. The van der Waals surface area contributed by atoms with Crippen molar-refractivity contribution in [2.24, 2.45) is 0 Å². The minimum absolute atomic E-state index is 0.0257. The Morgan fingerprint density at radius 1 is 1.44 bits per heavy atom. The van der Waals surface area contributed by atoms with E-state index in [2.05, 4.69) is 6.58 Å². The first-order valence-electron chi connectivity index (χ1n) is 5.24. The van der Waals surface area contributed by atoms with E-state index in [-0.39, 0.29) is 12.2 Å². The molecule has 0 fully saturated rings. The number of aliphatic carboxylic acids is 1. The molecule has 0 aliphatic heterocycles. The SMILES string of the molecule is C=C(CCCC)C(=O)OCC=C(C)C(=O)O. The Kier molecular flexibility index (Phi) is 6.92. The fourth-order valence-electron chi connectivity index (χ4n) is 0.924. The van der Waals surface area contributed by atoms with Crippen LogP contribution in [-0.2, 0) is 14.3 Å². The molecule has 0 spiro atoms. The molecule has 0 rings (SSSR count). The van der Waals surface area contributed by atoms with Crippen molar-refractivity contribution in [2.45, 2.75) is 33.1 Å². The highest BCUT2D eigenvalue weighted by atomic mass is 16.5. The maximum absolute atomic E-state index is 11.3. The molecule has 0 aliphatic rings. The van der Waals surface area contributed by atoms with E-state index in [1.807, 2.05) is 6.92 Å². The van der Waals surface area contributed by atoms with Gasteiger partial charge in [-0.1, -0.05) is 19.9 Å². The van der Waals surface area contributed by atoms with Crippen molar-refractivity contribution in [3.63, 3.8) is 0 Å². The summed E-state index contributed by atoms with van der Waals surface area (Å²) >= 11 is 0. The average Bonchev–Trinajstić information content (AvgIpc) is 2.25. The lowest BCUT2D eigenvalue weighted by molar-refractivity contribution is -0.138. The van der Waals surface area contributed by atoms with Gasteiger partial charge in [-0.05, 0) is 25.8 Å². The molecule has 0 saturated carbocycles. The van der Waals surface area contributed by atoms with Crippen LogP contribution in [0, 0.1) is 0 Å². The van der Waals surface area contributed by atoms with Gasteiger partial charge < -0.3 is 9.84 Å². The van der Waals surface area contributed by atoms with Crippen molar-refractivity contribution in [1.82, 2.24) is 0 Å². The van der Waals surface area contributed by atoms with Gasteiger partial charge in [-0.25, -0.2) is 9.59 Å². The zero-order chi connectivity index (χ0) is 12.6. The van der Waals surface area contributed by atoms with Crippen molar-refractivity contribution in [1.29, 1.82) is 0 Å². The number of ether oxygens (including phenoxy) is 1. The molecule has 0 aromatic rings. The zero-order valence-corrected chi connectivity index (χ0v) is 9.78. The molecular formula is C12H18O4. The summed E-state index contributed by atoms with van der Waals surface area (Å²) in [5.74, 6) is -1.47. The molecule has 0 aromatic carbocycles. The third kappa shape index (κ3) is 6.01. The summed E-state index contributed by atoms with van der Waals surface area (Å²) in [4.78, 5) is 21.7. The number of unbranched alkanes of at least 4 members (excludes halogenated alkanes) is 1. The van der Waals surface area contributed by atoms with E-state index in [1.165, 1.54) is 13.0 Å². The summed E-state index contributed by atoms with van der Waals surface area (Å²) in [6.07, 6.45) is 3.87. The smallest absolute Gasteiger partial charge is 0.333 e. The van der Waals surface area contributed by atoms with E-state index < -0.39 is 11.9 Å². The minimum Gasteiger partial charge on any atom is -0.478 e. The molecule has 0 radical (unpaired) electrons. The predicted molar refractivity (Wildman–Crippen MR) is 61.0 cm³/mol. The van der Waals surface area contributed by atoms with E-state index in [0.29, 0.717) is 12.0 Å². The van der Waals surface area contributed by atoms with Crippen molar-refractivity contribution >= 4 is 11.9 Å². The lowest BCUT2D eigenvalue weighted by Crippen LogP contribution is -2.08. The molecule has 90 valence electrons. The first-order chi connectivity index (χ1) is 7.49. The van der Waals surface area contributed by atoms with E-state index >= 15 is 0 Å². The van der Waals surface area contributed by atoms with Crippen molar-refractivity contribution in [3.8, 4) is 0 Å². The zero-order valence-electron chi connectivity index (χ0n) is 9.78. The third-order valence-electron chi connectivity index (χ3n) is 2.06. The number of carboxylic acid groups (broad SMARTS) is 1. The van der Waals surface area contributed by atoms with Gasteiger partial charge in [0, 0.05) is 11.1 Å². The van der Waals surface area contributed by atoms with Crippen LogP contribution >= 0.6 is 0 Å². The molecule has 0 aliphatic carbocycles. The van der Waals surface area contributed by atoms with Gasteiger partial charge in [0.15, 0.2) is 0 Å². The highest BCUT2D eigenvalue weighted by molar-refractivity contribution is 5.88.